The van der Waals surface area contributed by atoms with Crippen LogP contribution in [-0.2, 0) is 16.4 Å². The summed E-state index contributed by atoms with van der Waals surface area (Å²) >= 11 is 0. The molecule has 9 nitrogen and oxygen atoms in total. The fraction of sp³-hybridized carbons (Fsp3) is 0.480. The summed E-state index contributed by atoms with van der Waals surface area (Å²) in [5, 5.41) is 10.8. The number of sulfone groups is 1. The van der Waals surface area contributed by atoms with Gasteiger partial charge in [-0.15, -0.1) is 0 Å². The summed E-state index contributed by atoms with van der Waals surface area (Å²) in [6.07, 6.45) is 7.76. The number of hydrogen-bond acceptors (Lipinski definition) is 8. The van der Waals surface area contributed by atoms with Crippen molar-refractivity contribution in [3.63, 3.8) is 0 Å². The summed E-state index contributed by atoms with van der Waals surface area (Å²) in [5.41, 5.74) is 2.60. The van der Waals surface area contributed by atoms with Crippen molar-refractivity contribution in [2.75, 3.05) is 36.6 Å². The number of rotatable bonds is 8. The molecule has 2 N–H and O–H groups in total. The van der Waals surface area contributed by atoms with E-state index in [2.05, 4.69) is 43.4 Å². The number of benzene rings is 1. The van der Waals surface area contributed by atoms with Gasteiger partial charge in [0.05, 0.1) is 4.90 Å². The fourth-order valence-electron chi connectivity index (χ4n) is 5.51. The molecule has 10 heteroatoms. The maximum Gasteiger partial charge on any atom is 0.227 e. The number of nitrogens with one attached hydrogen (secondary N) is 2. The van der Waals surface area contributed by atoms with Gasteiger partial charge in [-0.25, -0.2) is 13.4 Å². The molecule has 3 aromatic rings. The van der Waals surface area contributed by atoms with Gasteiger partial charge < -0.3 is 10.2 Å². The summed E-state index contributed by atoms with van der Waals surface area (Å²) in [7, 11) is -1.10. The van der Waals surface area contributed by atoms with Gasteiger partial charge in [-0.05, 0) is 54.9 Å². The normalized spacial score (nSPS) is 19.8. The van der Waals surface area contributed by atoms with Crippen molar-refractivity contribution in [2.45, 2.75) is 49.1 Å². The van der Waals surface area contributed by atoms with Crippen LogP contribution in [0.4, 0.5) is 17.6 Å². The summed E-state index contributed by atoms with van der Waals surface area (Å²) in [6, 6.07) is 11.7. The molecule has 2 aromatic heterocycles. The Morgan fingerprint density at radius 1 is 1.17 bits per heavy atom. The topological polar surface area (TPSA) is 107 Å². The van der Waals surface area contributed by atoms with Crippen LogP contribution in [0.1, 0.15) is 42.9 Å². The first-order valence-electron chi connectivity index (χ1n) is 12.2. The summed E-state index contributed by atoms with van der Waals surface area (Å²) < 4.78 is 23.7. The Morgan fingerprint density at radius 2 is 1.97 bits per heavy atom. The Labute approximate surface area is 205 Å². The smallest absolute Gasteiger partial charge is 0.227 e. The highest BCUT2D eigenvalue weighted by molar-refractivity contribution is 7.90. The molecule has 1 saturated heterocycles. The first-order valence-corrected chi connectivity index (χ1v) is 14.1. The quantitative estimate of drug-likeness (QED) is 0.492. The van der Waals surface area contributed by atoms with E-state index in [0.29, 0.717) is 22.3 Å². The van der Waals surface area contributed by atoms with Crippen molar-refractivity contribution < 1.29 is 8.42 Å². The van der Waals surface area contributed by atoms with Crippen LogP contribution in [0, 0.1) is 5.41 Å². The first-order chi connectivity index (χ1) is 16.8. The van der Waals surface area contributed by atoms with E-state index >= 15 is 0 Å². The molecule has 0 amide bonds. The van der Waals surface area contributed by atoms with Crippen LogP contribution >= 0.6 is 0 Å². The number of aromatic nitrogens is 4. The minimum Gasteiger partial charge on any atom is -0.341 e. The molecule has 0 bridgehead atoms. The zero-order chi connectivity index (χ0) is 24.2. The van der Waals surface area contributed by atoms with Crippen LogP contribution < -0.4 is 10.2 Å². The number of likely N-dealkylation sites (tertiary alicyclic amines) is 1. The molecule has 3 heterocycles. The number of nitrogens with zero attached hydrogens (tertiary/aromatic N) is 5. The standard InChI is InChI=1S/C25H31N7O2S/c1-31(24-26-9-8-22(28-24)27-23-11-21(29-30-23)18-6-7-18)19-12-25(13-19)15-32(16-25)14-17-4-3-5-20(10-17)35(2,33)34/h3-5,8-11,18-19H,6-7,12-16H2,1-2H3,(H2,26,27,28,29,30). The molecule has 2 aliphatic carbocycles. The Morgan fingerprint density at radius 3 is 2.71 bits per heavy atom. The third kappa shape index (κ3) is 4.64. The van der Waals surface area contributed by atoms with Gasteiger partial charge in [0.25, 0.3) is 0 Å². The molecule has 0 unspecified atom stereocenters. The van der Waals surface area contributed by atoms with E-state index in [4.69, 9.17) is 4.98 Å². The highest BCUT2D eigenvalue weighted by Crippen LogP contribution is 2.50. The molecule has 1 spiro atoms. The lowest BCUT2D eigenvalue weighted by Crippen LogP contribution is -2.65. The van der Waals surface area contributed by atoms with Crippen LogP contribution in [0.5, 0.6) is 0 Å². The number of anilines is 3. The van der Waals surface area contributed by atoms with Gasteiger partial charge in [0.2, 0.25) is 5.95 Å². The molecule has 3 fully saturated rings. The van der Waals surface area contributed by atoms with Gasteiger partial charge in [-0.1, -0.05) is 12.1 Å². The lowest BCUT2D eigenvalue weighted by Gasteiger charge is -2.60. The van der Waals surface area contributed by atoms with E-state index in [9.17, 15) is 8.42 Å². The molecule has 6 rings (SSSR count). The monoisotopic (exact) mass is 493 g/mol. The second-order valence-corrected chi connectivity index (χ2v) is 12.6. The van der Waals surface area contributed by atoms with Gasteiger partial charge in [0, 0.05) is 62.9 Å². The zero-order valence-electron chi connectivity index (χ0n) is 20.1. The Kier molecular flexibility index (Phi) is 5.33. The Balaban J connectivity index is 1.02. The third-order valence-corrected chi connectivity index (χ3v) is 8.68. The molecule has 1 aliphatic heterocycles. The van der Waals surface area contributed by atoms with Gasteiger partial charge in [0.15, 0.2) is 15.7 Å². The highest BCUT2D eigenvalue weighted by Gasteiger charge is 2.53. The minimum atomic E-state index is -3.18. The second kappa shape index (κ2) is 8.30. The van der Waals surface area contributed by atoms with Crippen LogP contribution in [0.15, 0.2) is 47.5 Å². The maximum absolute atomic E-state index is 11.8. The molecule has 1 aromatic carbocycles. The van der Waals surface area contributed by atoms with Crippen LogP contribution in [-0.4, -0.2) is 65.9 Å². The van der Waals surface area contributed by atoms with Crippen molar-refractivity contribution in [2.24, 2.45) is 5.41 Å². The summed E-state index contributed by atoms with van der Waals surface area (Å²) in [4.78, 5) is 14.2. The second-order valence-electron chi connectivity index (χ2n) is 10.6. The van der Waals surface area contributed by atoms with Crippen LogP contribution in [0.3, 0.4) is 0 Å². The number of aromatic amines is 1. The molecule has 184 valence electrons. The van der Waals surface area contributed by atoms with E-state index in [1.54, 1.807) is 18.3 Å². The minimum absolute atomic E-state index is 0.359. The van der Waals surface area contributed by atoms with Crippen molar-refractivity contribution in [3.05, 3.63) is 53.9 Å². The fourth-order valence-corrected chi connectivity index (χ4v) is 6.20. The van der Waals surface area contributed by atoms with E-state index < -0.39 is 9.84 Å². The van der Waals surface area contributed by atoms with Gasteiger partial charge >= 0.3 is 0 Å². The van der Waals surface area contributed by atoms with Crippen molar-refractivity contribution in [1.29, 1.82) is 0 Å². The third-order valence-electron chi connectivity index (χ3n) is 7.57. The first kappa shape index (κ1) is 22.5. The predicted molar refractivity (Wildman–Crippen MR) is 135 cm³/mol. The SMILES string of the molecule is CN(c1nccc(Nc2cc(C3CC3)[nH]n2)n1)C1CC2(C1)CN(Cc1cccc(S(C)(=O)=O)c1)C2. The van der Waals surface area contributed by atoms with E-state index in [-0.39, 0.29) is 0 Å². The van der Waals surface area contributed by atoms with Crippen molar-refractivity contribution >= 4 is 27.4 Å². The molecule has 0 radical (unpaired) electrons. The lowest BCUT2D eigenvalue weighted by molar-refractivity contribution is -0.0762. The summed E-state index contributed by atoms with van der Waals surface area (Å²) in [5.74, 6) is 2.90. The van der Waals surface area contributed by atoms with E-state index in [0.717, 1.165) is 55.6 Å². The van der Waals surface area contributed by atoms with Crippen LogP contribution in [0.25, 0.3) is 0 Å². The lowest BCUT2D eigenvalue weighted by atomic mass is 9.60. The largest absolute Gasteiger partial charge is 0.341 e. The Bertz CT molecular complexity index is 1340. The predicted octanol–water partition coefficient (Wildman–Crippen LogP) is 3.33. The van der Waals surface area contributed by atoms with Crippen molar-refractivity contribution in [3.8, 4) is 0 Å². The van der Waals surface area contributed by atoms with Crippen molar-refractivity contribution in [1.82, 2.24) is 25.1 Å². The molecular weight excluding hydrogens is 462 g/mol. The maximum atomic E-state index is 11.8. The molecule has 3 aliphatic rings. The number of hydrogen-bond donors (Lipinski definition) is 2. The van der Waals surface area contributed by atoms with Gasteiger partial charge in [-0.3, -0.25) is 10.00 Å². The zero-order valence-corrected chi connectivity index (χ0v) is 20.9. The molecule has 35 heavy (non-hydrogen) atoms. The van der Waals surface area contributed by atoms with E-state index in [1.165, 1.54) is 24.8 Å². The molecule has 2 saturated carbocycles. The van der Waals surface area contributed by atoms with Crippen LogP contribution in [0.2, 0.25) is 0 Å². The molecular formula is C25H31N7O2S. The number of H-pyrrole nitrogens is 1. The highest BCUT2D eigenvalue weighted by atomic mass is 32.2. The average Bonchev–Trinajstić information content (AvgIpc) is 3.53. The van der Waals surface area contributed by atoms with Gasteiger partial charge in [-0.2, -0.15) is 10.1 Å². The summed E-state index contributed by atoms with van der Waals surface area (Å²) in [6.45, 7) is 2.88. The molecule has 0 atom stereocenters. The Hall–Kier alpha value is -2.98. The van der Waals surface area contributed by atoms with E-state index in [1.807, 2.05) is 18.2 Å². The van der Waals surface area contributed by atoms with Gasteiger partial charge in [0.1, 0.15) is 5.82 Å². The average molecular weight is 494 g/mol.